The Labute approximate surface area is 129 Å². The SMILES string of the molecule is COCCN(CCC(=O)OC)C(=O)Cc1cccc(Cl)c1. The number of halogens is 1. The molecule has 6 heteroatoms. The highest BCUT2D eigenvalue weighted by molar-refractivity contribution is 6.30. The van der Waals surface area contributed by atoms with Gasteiger partial charge in [-0.1, -0.05) is 23.7 Å². The number of hydrogen-bond acceptors (Lipinski definition) is 4. The fourth-order valence-electron chi connectivity index (χ4n) is 1.82. The number of rotatable bonds is 8. The van der Waals surface area contributed by atoms with Crippen LogP contribution in [0.15, 0.2) is 24.3 Å². The van der Waals surface area contributed by atoms with Crippen LogP contribution < -0.4 is 0 Å². The van der Waals surface area contributed by atoms with E-state index in [1.54, 1.807) is 30.2 Å². The Kier molecular flexibility index (Phi) is 7.79. The molecule has 1 rings (SSSR count). The second kappa shape index (κ2) is 9.37. The first-order valence-corrected chi connectivity index (χ1v) is 7.02. The Morgan fingerprint density at radius 3 is 2.62 bits per heavy atom. The van der Waals surface area contributed by atoms with Crippen LogP contribution >= 0.6 is 11.6 Å². The highest BCUT2D eigenvalue weighted by Gasteiger charge is 2.15. The third kappa shape index (κ3) is 6.60. The molecule has 0 aliphatic rings. The van der Waals surface area contributed by atoms with Gasteiger partial charge in [-0.15, -0.1) is 0 Å². The largest absolute Gasteiger partial charge is 0.469 e. The lowest BCUT2D eigenvalue weighted by Gasteiger charge is -2.22. The summed E-state index contributed by atoms with van der Waals surface area (Å²) in [4.78, 5) is 25.1. The van der Waals surface area contributed by atoms with E-state index in [-0.39, 0.29) is 24.7 Å². The van der Waals surface area contributed by atoms with Crippen molar-refractivity contribution in [3.63, 3.8) is 0 Å². The van der Waals surface area contributed by atoms with E-state index in [1.165, 1.54) is 7.11 Å². The Morgan fingerprint density at radius 1 is 1.24 bits per heavy atom. The topological polar surface area (TPSA) is 55.8 Å². The molecule has 0 N–H and O–H groups in total. The second-order valence-electron chi connectivity index (χ2n) is 4.51. The van der Waals surface area contributed by atoms with E-state index < -0.39 is 0 Å². The second-order valence-corrected chi connectivity index (χ2v) is 4.94. The first-order valence-electron chi connectivity index (χ1n) is 6.64. The van der Waals surface area contributed by atoms with E-state index in [0.29, 0.717) is 24.7 Å². The van der Waals surface area contributed by atoms with Crippen molar-refractivity contribution in [2.45, 2.75) is 12.8 Å². The molecule has 1 aromatic carbocycles. The first kappa shape index (κ1) is 17.5. The Morgan fingerprint density at radius 2 is 2.00 bits per heavy atom. The van der Waals surface area contributed by atoms with Crippen LogP contribution in [0.2, 0.25) is 5.02 Å². The molecule has 0 unspecified atom stereocenters. The van der Waals surface area contributed by atoms with E-state index in [2.05, 4.69) is 4.74 Å². The maximum Gasteiger partial charge on any atom is 0.307 e. The number of amides is 1. The molecule has 0 aromatic heterocycles. The molecular weight excluding hydrogens is 294 g/mol. The lowest BCUT2D eigenvalue weighted by atomic mass is 10.1. The minimum absolute atomic E-state index is 0.0711. The third-order valence-corrected chi connectivity index (χ3v) is 3.21. The number of nitrogens with zero attached hydrogens (tertiary/aromatic N) is 1. The van der Waals surface area contributed by atoms with E-state index in [0.717, 1.165) is 5.56 Å². The summed E-state index contributed by atoms with van der Waals surface area (Å²) in [6.45, 7) is 1.17. The number of ether oxygens (including phenoxy) is 2. The zero-order valence-corrected chi connectivity index (χ0v) is 13.1. The number of esters is 1. The molecule has 1 amide bonds. The summed E-state index contributed by atoms with van der Waals surface area (Å²) < 4.78 is 9.59. The van der Waals surface area contributed by atoms with Crippen LogP contribution in [-0.4, -0.2) is 50.7 Å². The van der Waals surface area contributed by atoms with Gasteiger partial charge in [0.15, 0.2) is 0 Å². The minimum Gasteiger partial charge on any atom is -0.469 e. The van der Waals surface area contributed by atoms with Gasteiger partial charge in [-0.05, 0) is 17.7 Å². The summed E-state index contributed by atoms with van der Waals surface area (Å²) in [6, 6.07) is 7.17. The number of carbonyl (C=O) groups excluding carboxylic acids is 2. The summed E-state index contributed by atoms with van der Waals surface area (Å²) in [5, 5.41) is 0.596. The monoisotopic (exact) mass is 313 g/mol. The quantitative estimate of drug-likeness (QED) is 0.688. The zero-order valence-electron chi connectivity index (χ0n) is 12.3. The summed E-state index contributed by atoms with van der Waals surface area (Å²) >= 11 is 5.91. The van der Waals surface area contributed by atoms with Crippen molar-refractivity contribution >= 4 is 23.5 Å². The standard InChI is InChI=1S/C15H20ClNO4/c1-20-9-8-17(7-6-15(19)21-2)14(18)11-12-4-3-5-13(16)10-12/h3-5,10H,6-9,11H2,1-2H3. The predicted molar refractivity (Wildman–Crippen MR) is 80.2 cm³/mol. The predicted octanol–water partition coefficient (Wildman–Crippen LogP) is 1.92. The molecule has 0 spiro atoms. The van der Waals surface area contributed by atoms with Gasteiger partial charge in [0.05, 0.1) is 26.6 Å². The van der Waals surface area contributed by atoms with Gasteiger partial charge in [0.1, 0.15) is 0 Å². The lowest BCUT2D eigenvalue weighted by Crippen LogP contribution is -2.36. The van der Waals surface area contributed by atoms with Gasteiger partial charge < -0.3 is 14.4 Å². The molecule has 21 heavy (non-hydrogen) atoms. The van der Waals surface area contributed by atoms with Crippen LogP contribution in [0.1, 0.15) is 12.0 Å². The number of hydrogen-bond donors (Lipinski definition) is 0. The van der Waals surface area contributed by atoms with E-state index >= 15 is 0 Å². The van der Waals surface area contributed by atoms with Crippen molar-refractivity contribution in [3.05, 3.63) is 34.9 Å². The van der Waals surface area contributed by atoms with Crippen molar-refractivity contribution < 1.29 is 19.1 Å². The van der Waals surface area contributed by atoms with Crippen LogP contribution in [0.5, 0.6) is 0 Å². The molecular formula is C15H20ClNO4. The average Bonchev–Trinajstić information content (AvgIpc) is 2.46. The highest BCUT2D eigenvalue weighted by Crippen LogP contribution is 2.12. The van der Waals surface area contributed by atoms with Crippen molar-refractivity contribution in [3.8, 4) is 0 Å². The lowest BCUT2D eigenvalue weighted by molar-refractivity contribution is -0.141. The molecule has 1 aromatic rings. The van der Waals surface area contributed by atoms with Gasteiger partial charge in [0.2, 0.25) is 5.91 Å². The molecule has 0 fully saturated rings. The molecule has 0 atom stereocenters. The normalized spacial score (nSPS) is 10.2. The van der Waals surface area contributed by atoms with Gasteiger partial charge in [-0.2, -0.15) is 0 Å². The molecule has 0 saturated heterocycles. The fourth-order valence-corrected chi connectivity index (χ4v) is 2.04. The average molecular weight is 314 g/mol. The fraction of sp³-hybridized carbons (Fsp3) is 0.467. The van der Waals surface area contributed by atoms with E-state index in [9.17, 15) is 9.59 Å². The third-order valence-electron chi connectivity index (χ3n) is 2.98. The van der Waals surface area contributed by atoms with Crippen molar-refractivity contribution in [2.24, 2.45) is 0 Å². The number of benzene rings is 1. The van der Waals surface area contributed by atoms with Crippen LogP contribution in [0.3, 0.4) is 0 Å². The van der Waals surface area contributed by atoms with Crippen LogP contribution in [0, 0.1) is 0 Å². The van der Waals surface area contributed by atoms with Gasteiger partial charge in [0, 0.05) is 25.2 Å². The van der Waals surface area contributed by atoms with Gasteiger partial charge in [-0.3, -0.25) is 9.59 Å². The van der Waals surface area contributed by atoms with Crippen molar-refractivity contribution in [2.75, 3.05) is 33.9 Å². The molecule has 0 bridgehead atoms. The smallest absolute Gasteiger partial charge is 0.307 e. The maximum atomic E-state index is 12.3. The summed E-state index contributed by atoms with van der Waals surface area (Å²) in [6.07, 6.45) is 0.410. The zero-order chi connectivity index (χ0) is 15.7. The van der Waals surface area contributed by atoms with Crippen LogP contribution in [-0.2, 0) is 25.5 Å². The molecule has 5 nitrogen and oxygen atoms in total. The summed E-state index contributed by atoms with van der Waals surface area (Å²) in [5.74, 6) is -0.411. The van der Waals surface area contributed by atoms with Crippen molar-refractivity contribution in [1.29, 1.82) is 0 Å². The molecule has 116 valence electrons. The van der Waals surface area contributed by atoms with E-state index in [1.807, 2.05) is 6.07 Å². The van der Waals surface area contributed by atoms with Gasteiger partial charge in [0.25, 0.3) is 0 Å². The Hall–Kier alpha value is -1.59. The van der Waals surface area contributed by atoms with E-state index in [4.69, 9.17) is 16.3 Å². The Bertz CT molecular complexity index is 478. The van der Waals surface area contributed by atoms with Crippen LogP contribution in [0.4, 0.5) is 0 Å². The number of methoxy groups -OCH3 is 2. The van der Waals surface area contributed by atoms with Crippen LogP contribution in [0.25, 0.3) is 0 Å². The summed E-state index contributed by atoms with van der Waals surface area (Å²) in [5.41, 5.74) is 0.841. The highest BCUT2D eigenvalue weighted by atomic mass is 35.5. The molecule has 0 saturated carbocycles. The number of carbonyl (C=O) groups is 2. The first-order chi connectivity index (χ1) is 10.1. The molecule has 0 aliphatic carbocycles. The van der Waals surface area contributed by atoms with Gasteiger partial charge in [-0.25, -0.2) is 0 Å². The summed E-state index contributed by atoms with van der Waals surface area (Å²) in [7, 11) is 2.90. The Balaban J connectivity index is 2.63. The molecule has 0 radical (unpaired) electrons. The van der Waals surface area contributed by atoms with Gasteiger partial charge >= 0.3 is 5.97 Å². The molecule has 0 aliphatic heterocycles. The van der Waals surface area contributed by atoms with Crippen molar-refractivity contribution in [1.82, 2.24) is 4.90 Å². The maximum absolute atomic E-state index is 12.3. The molecule has 0 heterocycles. The minimum atomic E-state index is -0.340.